The van der Waals surface area contributed by atoms with E-state index in [4.69, 9.17) is 0 Å². The van der Waals surface area contributed by atoms with E-state index in [1.165, 1.54) is 11.1 Å². The fourth-order valence-corrected chi connectivity index (χ4v) is 2.24. The molecule has 1 amide bonds. The first-order valence-corrected chi connectivity index (χ1v) is 7.55. The van der Waals surface area contributed by atoms with Gasteiger partial charge in [0.15, 0.2) is 0 Å². The first-order valence-electron chi connectivity index (χ1n) is 7.55. The summed E-state index contributed by atoms with van der Waals surface area (Å²) >= 11 is 0. The number of rotatable bonds is 8. The van der Waals surface area contributed by atoms with Crippen molar-refractivity contribution in [2.45, 2.75) is 20.3 Å². The maximum Gasteiger partial charge on any atom is 0.266 e. The van der Waals surface area contributed by atoms with Crippen LogP contribution in [0.5, 0.6) is 0 Å². The summed E-state index contributed by atoms with van der Waals surface area (Å²) in [6.07, 6.45) is 5.59. The summed E-state index contributed by atoms with van der Waals surface area (Å²) in [6, 6.07) is 7.98. The molecule has 0 radical (unpaired) electrons. The highest BCUT2D eigenvalue weighted by Gasteiger charge is 2.16. The molecule has 0 heterocycles. The van der Waals surface area contributed by atoms with Crippen LogP contribution in [-0.4, -0.2) is 23.9 Å². The monoisotopic (exact) mass is 309 g/mol. The number of aryl methyl sites for hydroxylation is 2. The van der Waals surface area contributed by atoms with Crippen molar-refractivity contribution in [2.75, 3.05) is 18.4 Å². The SMILES string of the molecule is C=CCN(CC=C)C(=O)/C(C#N)=C\Nc1c(C)cccc1CC. The first-order chi connectivity index (χ1) is 11.1. The standard InChI is InChI=1S/C19H23N3O/c1-5-11-22(12-6-2)19(23)17(13-20)14-21-18-15(4)9-8-10-16(18)7-3/h5-6,8-10,14,21H,1-2,7,11-12H2,3-4H3/b17-14-. The molecule has 0 aliphatic rings. The third kappa shape index (κ3) is 4.86. The van der Waals surface area contributed by atoms with E-state index in [9.17, 15) is 10.1 Å². The van der Waals surface area contributed by atoms with Crippen LogP contribution < -0.4 is 5.32 Å². The van der Waals surface area contributed by atoms with E-state index in [-0.39, 0.29) is 11.5 Å². The summed E-state index contributed by atoms with van der Waals surface area (Å²) in [5.74, 6) is -0.341. The summed E-state index contributed by atoms with van der Waals surface area (Å²) in [6.45, 7) is 12.1. The largest absolute Gasteiger partial charge is 0.360 e. The Morgan fingerprint density at radius 3 is 2.52 bits per heavy atom. The zero-order valence-corrected chi connectivity index (χ0v) is 13.8. The van der Waals surface area contributed by atoms with E-state index in [0.29, 0.717) is 13.1 Å². The highest BCUT2D eigenvalue weighted by atomic mass is 16.2. The second-order valence-corrected chi connectivity index (χ2v) is 5.06. The number of para-hydroxylation sites is 1. The third-order valence-corrected chi connectivity index (χ3v) is 3.44. The fraction of sp³-hybridized carbons (Fsp3) is 0.263. The van der Waals surface area contributed by atoms with Crippen molar-refractivity contribution >= 4 is 11.6 Å². The number of anilines is 1. The number of hydrogen-bond acceptors (Lipinski definition) is 3. The molecule has 0 fully saturated rings. The van der Waals surface area contributed by atoms with Gasteiger partial charge in [-0.1, -0.05) is 37.3 Å². The van der Waals surface area contributed by atoms with Gasteiger partial charge in [-0.3, -0.25) is 4.79 Å². The van der Waals surface area contributed by atoms with Gasteiger partial charge in [0.25, 0.3) is 5.91 Å². The van der Waals surface area contributed by atoms with Crippen LogP contribution in [0, 0.1) is 18.3 Å². The predicted molar refractivity (Wildman–Crippen MR) is 94.8 cm³/mol. The lowest BCUT2D eigenvalue weighted by Crippen LogP contribution is -2.32. The maximum absolute atomic E-state index is 12.4. The molecule has 1 N–H and O–H groups in total. The van der Waals surface area contributed by atoms with E-state index in [1.807, 2.05) is 31.2 Å². The van der Waals surface area contributed by atoms with Crippen LogP contribution in [0.3, 0.4) is 0 Å². The van der Waals surface area contributed by atoms with Crippen molar-refractivity contribution in [3.8, 4) is 6.07 Å². The van der Waals surface area contributed by atoms with Gasteiger partial charge in [0.05, 0.1) is 0 Å². The Labute approximate surface area is 138 Å². The molecule has 1 aromatic rings. The van der Waals surface area contributed by atoms with E-state index in [1.54, 1.807) is 12.2 Å². The quantitative estimate of drug-likeness (QED) is 0.454. The molecular weight excluding hydrogens is 286 g/mol. The first kappa shape index (κ1) is 18.2. The second kappa shape index (κ2) is 9.26. The van der Waals surface area contributed by atoms with E-state index in [0.717, 1.165) is 23.2 Å². The minimum Gasteiger partial charge on any atom is -0.360 e. The number of benzene rings is 1. The molecule has 4 nitrogen and oxygen atoms in total. The lowest BCUT2D eigenvalue weighted by Gasteiger charge is -2.19. The Balaban J connectivity index is 3.04. The molecule has 120 valence electrons. The highest BCUT2D eigenvalue weighted by molar-refractivity contribution is 5.97. The number of carbonyl (C=O) groups excluding carboxylic acids is 1. The topological polar surface area (TPSA) is 56.1 Å². The lowest BCUT2D eigenvalue weighted by atomic mass is 10.1. The summed E-state index contributed by atoms with van der Waals surface area (Å²) in [7, 11) is 0. The zero-order valence-electron chi connectivity index (χ0n) is 13.8. The molecule has 23 heavy (non-hydrogen) atoms. The van der Waals surface area contributed by atoms with Gasteiger partial charge in [-0.2, -0.15) is 5.26 Å². The van der Waals surface area contributed by atoms with Crippen LogP contribution in [0.25, 0.3) is 0 Å². The number of nitriles is 1. The fourth-order valence-electron chi connectivity index (χ4n) is 2.24. The van der Waals surface area contributed by atoms with Crippen LogP contribution in [0.2, 0.25) is 0 Å². The number of amides is 1. The van der Waals surface area contributed by atoms with Crippen molar-refractivity contribution in [3.05, 3.63) is 66.4 Å². The van der Waals surface area contributed by atoms with Crippen molar-refractivity contribution in [3.63, 3.8) is 0 Å². The lowest BCUT2D eigenvalue weighted by molar-refractivity contribution is -0.125. The highest BCUT2D eigenvalue weighted by Crippen LogP contribution is 2.21. The number of carbonyl (C=O) groups is 1. The minimum atomic E-state index is -0.341. The Kier molecular flexibility index (Phi) is 7.35. The summed E-state index contributed by atoms with van der Waals surface area (Å²) in [4.78, 5) is 13.9. The molecule has 0 atom stereocenters. The van der Waals surface area contributed by atoms with Gasteiger partial charge in [0.2, 0.25) is 0 Å². The molecule has 0 aliphatic carbocycles. The average Bonchev–Trinajstić information content (AvgIpc) is 2.56. The van der Waals surface area contributed by atoms with Gasteiger partial charge >= 0.3 is 0 Å². The van der Waals surface area contributed by atoms with Gasteiger partial charge < -0.3 is 10.2 Å². The molecule has 0 spiro atoms. The molecule has 0 saturated heterocycles. The number of nitrogens with one attached hydrogen (secondary N) is 1. The number of hydrogen-bond donors (Lipinski definition) is 1. The molecule has 0 aliphatic heterocycles. The van der Waals surface area contributed by atoms with Crippen molar-refractivity contribution in [2.24, 2.45) is 0 Å². The molecule has 0 bridgehead atoms. The summed E-state index contributed by atoms with van der Waals surface area (Å²) < 4.78 is 0. The zero-order chi connectivity index (χ0) is 17.2. The Hall–Kier alpha value is -2.80. The molecule has 0 aromatic heterocycles. The van der Waals surface area contributed by atoms with Gasteiger partial charge in [-0.25, -0.2) is 0 Å². The van der Waals surface area contributed by atoms with Gasteiger partial charge in [-0.05, 0) is 24.5 Å². The molecule has 0 saturated carbocycles. The van der Waals surface area contributed by atoms with E-state index in [2.05, 4.69) is 25.4 Å². The molecule has 1 aromatic carbocycles. The van der Waals surface area contributed by atoms with Crippen molar-refractivity contribution in [1.29, 1.82) is 5.26 Å². The van der Waals surface area contributed by atoms with Gasteiger partial charge in [0.1, 0.15) is 11.6 Å². The van der Waals surface area contributed by atoms with Crippen LogP contribution in [0.15, 0.2) is 55.3 Å². The van der Waals surface area contributed by atoms with E-state index < -0.39 is 0 Å². The van der Waals surface area contributed by atoms with Crippen LogP contribution >= 0.6 is 0 Å². The smallest absolute Gasteiger partial charge is 0.266 e. The predicted octanol–water partition coefficient (Wildman–Crippen LogP) is 3.58. The van der Waals surface area contributed by atoms with Crippen LogP contribution in [0.1, 0.15) is 18.1 Å². The molecular formula is C19H23N3O. The normalized spacial score (nSPS) is 10.6. The Bertz CT molecular complexity index is 643. The maximum atomic E-state index is 12.4. The minimum absolute atomic E-state index is 0.0546. The van der Waals surface area contributed by atoms with Crippen LogP contribution in [-0.2, 0) is 11.2 Å². The summed E-state index contributed by atoms with van der Waals surface area (Å²) in [5, 5.41) is 12.4. The molecule has 0 unspecified atom stereocenters. The van der Waals surface area contributed by atoms with Gasteiger partial charge in [-0.15, -0.1) is 13.2 Å². The van der Waals surface area contributed by atoms with Crippen LogP contribution in [0.4, 0.5) is 5.69 Å². The van der Waals surface area contributed by atoms with Crippen molar-refractivity contribution < 1.29 is 4.79 Å². The molecule has 1 rings (SSSR count). The second-order valence-electron chi connectivity index (χ2n) is 5.06. The third-order valence-electron chi connectivity index (χ3n) is 3.44. The van der Waals surface area contributed by atoms with E-state index >= 15 is 0 Å². The number of nitrogens with zero attached hydrogens (tertiary/aromatic N) is 2. The summed E-state index contributed by atoms with van der Waals surface area (Å²) in [5.41, 5.74) is 3.20. The average molecular weight is 309 g/mol. The Morgan fingerprint density at radius 2 is 2.00 bits per heavy atom. The Morgan fingerprint density at radius 1 is 1.35 bits per heavy atom. The van der Waals surface area contributed by atoms with Crippen molar-refractivity contribution in [1.82, 2.24) is 4.90 Å². The van der Waals surface area contributed by atoms with Gasteiger partial charge in [0, 0.05) is 25.0 Å². The molecule has 4 heteroatoms.